The Morgan fingerprint density at radius 2 is 1.04 bits per heavy atom. The van der Waals surface area contributed by atoms with E-state index in [4.69, 9.17) is 20.3 Å². The van der Waals surface area contributed by atoms with Crippen molar-refractivity contribution < 1.29 is 13.6 Å². The van der Waals surface area contributed by atoms with Gasteiger partial charge in [0, 0.05) is 22.4 Å². The summed E-state index contributed by atoms with van der Waals surface area (Å²) in [7, 11) is 0. The first kappa shape index (κ1) is 19.9. The fourth-order valence-electron chi connectivity index (χ4n) is 2.59. The van der Waals surface area contributed by atoms with Crippen LogP contribution in [0.1, 0.15) is 52.7 Å². The van der Waals surface area contributed by atoms with Crippen molar-refractivity contribution in [1.29, 1.82) is 0 Å². The Labute approximate surface area is 155 Å². The first-order valence-corrected chi connectivity index (χ1v) is 10.7. The van der Waals surface area contributed by atoms with Crippen LogP contribution < -0.4 is 9.05 Å². The second kappa shape index (κ2) is 7.05. The molecule has 136 valence electrons. The molecule has 25 heavy (non-hydrogen) atoms. The van der Waals surface area contributed by atoms with Crippen molar-refractivity contribution in [3.8, 4) is 11.5 Å². The lowest BCUT2D eigenvalue weighted by Crippen LogP contribution is -2.14. The van der Waals surface area contributed by atoms with Crippen LogP contribution in [0.2, 0.25) is 0 Å². The fourth-order valence-corrected chi connectivity index (χ4v) is 3.86. The van der Waals surface area contributed by atoms with Crippen LogP contribution in [0.3, 0.4) is 0 Å². The molecule has 5 heteroatoms. The normalized spacial score (nSPS) is 12.8. The van der Waals surface area contributed by atoms with Gasteiger partial charge in [0.2, 0.25) is 0 Å². The topological polar surface area (TPSA) is 35.5 Å². The molecule has 0 spiro atoms. The molecule has 2 rings (SSSR count). The summed E-state index contributed by atoms with van der Waals surface area (Å²) >= 11 is 6.16. The van der Waals surface area contributed by atoms with Crippen molar-refractivity contribution in [2.45, 2.75) is 52.4 Å². The number of benzene rings is 2. The van der Waals surface area contributed by atoms with Crippen molar-refractivity contribution in [2.75, 3.05) is 0 Å². The van der Waals surface area contributed by atoms with Crippen LogP contribution in [0.5, 0.6) is 11.5 Å². The molecule has 0 aliphatic heterocycles. The first-order chi connectivity index (χ1) is 11.4. The average molecular weight is 381 g/mol. The molecule has 0 heterocycles. The lowest BCUT2D eigenvalue weighted by atomic mass is 9.86. The molecule has 0 saturated heterocycles. The van der Waals surface area contributed by atoms with Gasteiger partial charge in [-0.2, -0.15) is 0 Å². The van der Waals surface area contributed by atoms with Crippen LogP contribution in [-0.4, -0.2) is 0 Å². The minimum atomic E-state index is -3.86. The summed E-state index contributed by atoms with van der Waals surface area (Å²) in [6.45, 7) is 8.50. The van der Waals surface area contributed by atoms with E-state index in [0.29, 0.717) is 11.5 Å². The molecule has 0 aromatic heterocycles. The number of para-hydroxylation sites is 2. The van der Waals surface area contributed by atoms with E-state index in [-0.39, 0.29) is 10.8 Å². The summed E-state index contributed by atoms with van der Waals surface area (Å²) in [6.07, 6.45) is 0. The maximum Gasteiger partial charge on any atom is 0.530 e. The maximum atomic E-state index is 12.8. The summed E-state index contributed by atoms with van der Waals surface area (Å²) in [4.78, 5) is 0. The Morgan fingerprint density at radius 1 is 0.720 bits per heavy atom. The highest BCUT2D eigenvalue weighted by atomic mass is 35.7. The van der Waals surface area contributed by atoms with Crippen molar-refractivity contribution in [1.82, 2.24) is 0 Å². The molecule has 0 N–H and O–H groups in total. The Bertz CT molecular complexity index is 725. The number of halogens is 1. The van der Waals surface area contributed by atoms with Crippen molar-refractivity contribution in [2.24, 2.45) is 0 Å². The summed E-state index contributed by atoms with van der Waals surface area (Å²) in [5.41, 5.74) is 1.50. The summed E-state index contributed by atoms with van der Waals surface area (Å²) in [5.74, 6) is 0.947. The van der Waals surface area contributed by atoms with E-state index < -0.39 is 6.95 Å². The van der Waals surface area contributed by atoms with Crippen molar-refractivity contribution in [3.05, 3.63) is 59.7 Å². The third-order valence-corrected chi connectivity index (χ3v) is 5.05. The van der Waals surface area contributed by atoms with Gasteiger partial charge >= 0.3 is 6.95 Å². The van der Waals surface area contributed by atoms with Crippen LogP contribution in [-0.2, 0) is 15.4 Å². The molecule has 0 aliphatic carbocycles. The summed E-state index contributed by atoms with van der Waals surface area (Å²) < 4.78 is 24.1. The SMILES string of the molecule is CC(C)(C)c1ccccc1OP(=O)(Cl)Oc1ccccc1C(C)(C)C. The minimum Gasteiger partial charge on any atom is -0.404 e. The highest BCUT2D eigenvalue weighted by Crippen LogP contribution is 2.55. The van der Waals surface area contributed by atoms with Crippen molar-refractivity contribution >= 4 is 18.2 Å². The second-order valence-corrected chi connectivity index (χ2v) is 10.6. The van der Waals surface area contributed by atoms with E-state index in [1.165, 1.54) is 0 Å². The standard InChI is InChI=1S/C20H26ClO3P/c1-19(2,3)15-11-7-9-13-17(15)23-25(21,22)24-18-14-10-8-12-16(18)20(4,5)6/h7-14H,1-6H3. The molecule has 0 aliphatic rings. The molecule has 0 unspecified atom stereocenters. The lowest BCUT2D eigenvalue weighted by Gasteiger charge is -2.25. The largest absolute Gasteiger partial charge is 0.530 e. The second-order valence-electron chi connectivity index (χ2n) is 8.11. The fraction of sp³-hybridized carbons (Fsp3) is 0.400. The van der Waals surface area contributed by atoms with E-state index in [0.717, 1.165) is 11.1 Å². The van der Waals surface area contributed by atoms with Gasteiger partial charge in [0.25, 0.3) is 0 Å². The van der Waals surface area contributed by atoms with E-state index in [1.54, 1.807) is 12.1 Å². The van der Waals surface area contributed by atoms with E-state index in [2.05, 4.69) is 41.5 Å². The molecular weight excluding hydrogens is 355 g/mol. The van der Waals surface area contributed by atoms with Gasteiger partial charge in [-0.25, -0.2) is 4.57 Å². The van der Waals surface area contributed by atoms with Crippen molar-refractivity contribution in [3.63, 3.8) is 0 Å². The summed E-state index contributed by atoms with van der Waals surface area (Å²) in [6, 6.07) is 14.9. The van der Waals surface area contributed by atoms with Gasteiger partial charge in [0.15, 0.2) is 0 Å². The molecule has 0 radical (unpaired) electrons. The molecule has 0 amide bonds. The van der Waals surface area contributed by atoms with E-state index in [1.807, 2.05) is 36.4 Å². The molecule has 0 saturated carbocycles. The smallest absolute Gasteiger partial charge is 0.404 e. The highest BCUT2D eigenvalue weighted by molar-refractivity contribution is 7.82. The Hall–Kier alpha value is -1.44. The monoisotopic (exact) mass is 380 g/mol. The maximum absolute atomic E-state index is 12.8. The van der Waals surface area contributed by atoms with Gasteiger partial charge in [-0.05, 0) is 23.0 Å². The average Bonchev–Trinajstić information content (AvgIpc) is 2.45. The van der Waals surface area contributed by atoms with Crippen LogP contribution in [0.4, 0.5) is 0 Å². The molecule has 3 nitrogen and oxygen atoms in total. The number of rotatable bonds is 4. The molecule has 0 atom stereocenters. The Balaban J connectivity index is 2.33. The Kier molecular flexibility index (Phi) is 5.61. The van der Waals surface area contributed by atoms with Gasteiger partial charge in [-0.1, -0.05) is 77.9 Å². The van der Waals surface area contributed by atoms with Gasteiger partial charge in [-0.15, -0.1) is 0 Å². The quantitative estimate of drug-likeness (QED) is 0.531. The zero-order chi connectivity index (χ0) is 18.9. The molecule has 0 bridgehead atoms. The van der Waals surface area contributed by atoms with Crippen LogP contribution in [0.25, 0.3) is 0 Å². The minimum absolute atomic E-state index is 0.170. The van der Waals surface area contributed by atoms with Crippen LogP contribution in [0.15, 0.2) is 48.5 Å². The van der Waals surface area contributed by atoms with E-state index >= 15 is 0 Å². The number of hydrogen-bond acceptors (Lipinski definition) is 3. The van der Waals surface area contributed by atoms with Crippen LogP contribution in [0, 0.1) is 0 Å². The van der Waals surface area contributed by atoms with Gasteiger partial charge in [0.05, 0.1) is 0 Å². The third-order valence-electron chi connectivity index (χ3n) is 3.80. The van der Waals surface area contributed by atoms with Gasteiger partial charge in [-0.3, -0.25) is 0 Å². The van der Waals surface area contributed by atoms with Crippen LogP contribution >= 0.6 is 18.2 Å². The third kappa shape index (κ3) is 5.26. The summed E-state index contributed by atoms with van der Waals surface area (Å²) in [5, 5.41) is 0. The van der Waals surface area contributed by atoms with E-state index in [9.17, 15) is 4.57 Å². The number of hydrogen-bond donors (Lipinski definition) is 0. The highest BCUT2D eigenvalue weighted by Gasteiger charge is 2.30. The predicted molar refractivity (Wildman–Crippen MR) is 105 cm³/mol. The van der Waals surface area contributed by atoms with Gasteiger partial charge in [0.1, 0.15) is 11.5 Å². The molecule has 2 aromatic carbocycles. The zero-order valence-electron chi connectivity index (χ0n) is 15.7. The molecular formula is C20H26ClO3P. The molecule has 0 fully saturated rings. The van der Waals surface area contributed by atoms with Gasteiger partial charge < -0.3 is 9.05 Å². The predicted octanol–water partition coefficient (Wildman–Crippen LogP) is 7.09. The zero-order valence-corrected chi connectivity index (χ0v) is 17.3. The first-order valence-electron chi connectivity index (χ1n) is 8.28. The Morgan fingerprint density at radius 3 is 1.36 bits per heavy atom. The lowest BCUT2D eigenvalue weighted by molar-refractivity contribution is 0.394. The molecule has 2 aromatic rings.